The van der Waals surface area contributed by atoms with E-state index in [4.69, 9.17) is 10.3 Å². The van der Waals surface area contributed by atoms with Crippen LogP contribution in [0.2, 0.25) is 0 Å². The molecule has 0 aliphatic rings. The zero-order valence-electron chi connectivity index (χ0n) is 27.3. The monoisotopic (exact) mass is 845 g/mol. The number of sulfonamides is 4. The summed E-state index contributed by atoms with van der Waals surface area (Å²) in [4.78, 5) is 28.3. The van der Waals surface area contributed by atoms with Crippen LogP contribution in [-0.4, -0.2) is 50.5 Å². The Bertz CT molecular complexity index is 2600. The molecule has 3 heterocycles. The Morgan fingerprint density at radius 1 is 0.481 bits per heavy atom. The number of amides is 2. The highest BCUT2D eigenvalue weighted by Crippen LogP contribution is 2.29. The molecule has 0 spiro atoms. The van der Waals surface area contributed by atoms with Crippen molar-refractivity contribution < 1.29 is 43.3 Å². The normalized spacial score (nSPS) is 11.9. The fraction of sp³-hybridized carbons (Fsp3) is 0. The van der Waals surface area contributed by atoms with Crippen LogP contribution in [0, 0.1) is 0 Å². The molecule has 2 amide bonds. The molecule has 6 N–H and O–H groups in total. The molecule has 0 bridgehead atoms. The Morgan fingerprint density at radius 3 is 1.33 bits per heavy atom. The molecule has 0 radical (unpaired) electrons. The number of primary sulfonamides is 2. The number of benzene rings is 3. The van der Waals surface area contributed by atoms with Gasteiger partial charge in [-0.3, -0.25) is 14.6 Å². The second kappa shape index (κ2) is 16.1. The molecule has 54 heavy (non-hydrogen) atoms. The Labute approximate surface area is 318 Å². The number of hydrogen-bond acceptors (Lipinski definition) is 13. The van der Waals surface area contributed by atoms with E-state index in [1.54, 1.807) is 36.5 Å². The first-order valence-electron chi connectivity index (χ1n) is 14.9. The van der Waals surface area contributed by atoms with Gasteiger partial charge in [0.15, 0.2) is 0 Å². The number of nitrogens with zero attached hydrogens (tertiary/aromatic N) is 1. The van der Waals surface area contributed by atoms with Crippen LogP contribution >= 0.6 is 22.7 Å². The van der Waals surface area contributed by atoms with E-state index in [0.717, 1.165) is 57.4 Å². The first kappa shape index (κ1) is 40.1. The molecule has 3 aromatic carbocycles. The van der Waals surface area contributed by atoms with Gasteiger partial charge in [-0.1, -0.05) is 60.7 Å². The minimum absolute atomic E-state index is 0.132. The van der Waals surface area contributed by atoms with Gasteiger partial charge in [0.1, 0.15) is 19.6 Å². The summed E-state index contributed by atoms with van der Waals surface area (Å²) in [7, 11) is -17.4. The number of hydrogen-bond donors (Lipinski definition) is 4. The summed E-state index contributed by atoms with van der Waals surface area (Å²) < 4.78 is 100. The third-order valence-corrected chi connectivity index (χ3v) is 14.2. The molecule has 6 aromatic rings. The van der Waals surface area contributed by atoms with Gasteiger partial charge in [-0.05, 0) is 66.2 Å². The van der Waals surface area contributed by atoms with Crippen molar-refractivity contribution in [1.82, 2.24) is 14.4 Å². The van der Waals surface area contributed by atoms with Crippen molar-refractivity contribution in [1.29, 1.82) is 0 Å². The van der Waals surface area contributed by atoms with Crippen molar-refractivity contribution in [2.24, 2.45) is 10.3 Å². The number of carbonyl (C=O) groups excluding carboxylic acids is 2. The predicted octanol–water partition coefficient (Wildman–Crippen LogP) is 3.76. The van der Waals surface area contributed by atoms with Crippen molar-refractivity contribution in [3.05, 3.63) is 137 Å². The molecule has 21 heteroatoms. The lowest BCUT2D eigenvalue weighted by Gasteiger charge is -2.09. The zero-order valence-corrected chi connectivity index (χ0v) is 32.2. The number of thiophene rings is 2. The zero-order chi connectivity index (χ0) is 39.3. The van der Waals surface area contributed by atoms with Crippen molar-refractivity contribution >= 4 is 74.6 Å². The average molecular weight is 846 g/mol. The van der Waals surface area contributed by atoms with Crippen LogP contribution in [0.5, 0.6) is 0 Å². The van der Waals surface area contributed by atoms with Gasteiger partial charge < -0.3 is 0 Å². The summed E-state index contributed by atoms with van der Waals surface area (Å²) in [6.45, 7) is 0. The predicted molar refractivity (Wildman–Crippen MR) is 202 cm³/mol. The van der Waals surface area contributed by atoms with Gasteiger partial charge >= 0.3 is 0 Å². The average Bonchev–Trinajstić information content (AvgIpc) is 3.84. The van der Waals surface area contributed by atoms with Gasteiger partial charge in [0.2, 0.25) is 20.0 Å². The fourth-order valence-electron chi connectivity index (χ4n) is 4.59. The van der Waals surface area contributed by atoms with E-state index in [1.807, 2.05) is 39.8 Å². The molecule has 3 aromatic heterocycles. The summed E-state index contributed by atoms with van der Waals surface area (Å²) in [5.41, 5.74) is 1.54. The molecule has 15 nitrogen and oxygen atoms in total. The number of nitrogens with two attached hydrogens (primary N) is 2. The number of carbonyl (C=O) groups is 2. The Hall–Kier alpha value is -5.13. The smallest absolute Gasteiger partial charge is 0.267 e. The highest BCUT2D eigenvalue weighted by molar-refractivity contribution is 7.93. The molecule has 0 fully saturated rings. The summed E-state index contributed by atoms with van der Waals surface area (Å²) in [6.07, 6.45) is 1.60. The summed E-state index contributed by atoms with van der Waals surface area (Å²) in [5.74, 6) is -1.74. The lowest BCUT2D eigenvalue weighted by atomic mass is 10.2. The Morgan fingerprint density at radius 2 is 0.889 bits per heavy atom. The fourth-order valence-corrected chi connectivity index (χ4v) is 11.2. The SMILES string of the molecule is NS(=O)(=O)c1ccccc1S(=O)(=O)NC(=O)c1ccc(-c2ccccc2)s1.NS(=O)(=O)c1ccccc1S(=O)(=O)NC(=O)c1ccc(-c2ccccn2)s1. The van der Waals surface area contributed by atoms with E-state index in [9.17, 15) is 43.3 Å². The van der Waals surface area contributed by atoms with E-state index < -0.39 is 71.5 Å². The lowest BCUT2D eigenvalue weighted by Crippen LogP contribution is -2.31. The largest absolute Gasteiger partial charge is 0.275 e. The molecule has 0 unspecified atom stereocenters. The quantitative estimate of drug-likeness (QED) is 0.154. The maximum absolute atomic E-state index is 12.5. The van der Waals surface area contributed by atoms with Crippen LogP contribution in [0.1, 0.15) is 19.3 Å². The van der Waals surface area contributed by atoms with Crippen molar-refractivity contribution in [2.75, 3.05) is 0 Å². The molecular formula is C33H27N5O10S6. The number of aromatic nitrogens is 1. The third-order valence-electron chi connectivity index (χ3n) is 6.98. The van der Waals surface area contributed by atoms with Crippen LogP contribution in [0.3, 0.4) is 0 Å². The van der Waals surface area contributed by atoms with Crippen LogP contribution in [0.25, 0.3) is 21.0 Å². The molecule has 6 rings (SSSR count). The van der Waals surface area contributed by atoms with Gasteiger partial charge in [0, 0.05) is 11.1 Å². The van der Waals surface area contributed by atoms with Crippen LogP contribution in [0.15, 0.2) is 147 Å². The third kappa shape index (κ3) is 9.69. The van der Waals surface area contributed by atoms with Crippen LogP contribution in [0.4, 0.5) is 0 Å². The van der Waals surface area contributed by atoms with E-state index in [0.29, 0.717) is 10.6 Å². The van der Waals surface area contributed by atoms with Crippen LogP contribution < -0.4 is 19.7 Å². The van der Waals surface area contributed by atoms with Gasteiger partial charge in [-0.2, -0.15) is 0 Å². The first-order chi connectivity index (χ1) is 25.4. The topological polar surface area (TPSA) is 260 Å². The van der Waals surface area contributed by atoms with Crippen molar-refractivity contribution in [3.63, 3.8) is 0 Å². The van der Waals surface area contributed by atoms with Crippen molar-refractivity contribution in [3.8, 4) is 21.0 Å². The van der Waals surface area contributed by atoms with Crippen molar-refractivity contribution in [2.45, 2.75) is 19.6 Å². The molecule has 0 aliphatic carbocycles. The molecule has 280 valence electrons. The maximum atomic E-state index is 12.5. The number of pyridine rings is 1. The summed E-state index contributed by atoms with van der Waals surface area (Å²) >= 11 is 2.18. The van der Waals surface area contributed by atoms with Gasteiger partial charge in [0.05, 0.1) is 20.3 Å². The van der Waals surface area contributed by atoms with Gasteiger partial charge in [-0.15, -0.1) is 22.7 Å². The van der Waals surface area contributed by atoms with E-state index >= 15 is 0 Å². The first-order valence-corrected chi connectivity index (χ1v) is 22.6. The van der Waals surface area contributed by atoms with Crippen LogP contribution in [-0.2, 0) is 40.1 Å². The Kier molecular flexibility index (Phi) is 11.9. The maximum Gasteiger partial charge on any atom is 0.275 e. The number of nitrogens with one attached hydrogen (secondary N) is 2. The molecule has 0 saturated heterocycles. The molecular weight excluding hydrogens is 819 g/mol. The van der Waals surface area contributed by atoms with Gasteiger partial charge in [-0.25, -0.2) is 53.4 Å². The molecule has 0 atom stereocenters. The molecule has 0 saturated carbocycles. The standard InChI is InChI=1S/C17H14N2O5S3.C16H13N3O5S3/c18-26(21,22)15-8-4-5-9-16(15)27(23,24)19-17(20)14-11-10-13(25-14)12-6-2-1-3-7-12;17-26(21,22)14-6-1-2-7-15(14)27(23,24)19-16(20)13-9-8-12(25-13)11-5-3-4-10-18-11/h1-11H,(H,19,20)(H2,18,21,22);1-10H,(H,19,20)(H2,17,21,22). The summed E-state index contributed by atoms with van der Waals surface area (Å²) in [5, 5.41) is 10.1. The minimum atomic E-state index is -4.44. The highest BCUT2D eigenvalue weighted by atomic mass is 32.2. The molecule has 0 aliphatic heterocycles. The Balaban J connectivity index is 0.000000208. The summed E-state index contributed by atoms with van der Waals surface area (Å²) in [6, 6.07) is 30.5. The highest BCUT2D eigenvalue weighted by Gasteiger charge is 2.28. The second-order valence-corrected chi connectivity index (χ2v) is 19.3. The lowest BCUT2D eigenvalue weighted by molar-refractivity contribution is 0.0976. The van der Waals surface area contributed by atoms with E-state index in [-0.39, 0.29) is 9.75 Å². The minimum Gasteiger partial charge on any atom is -0.267 e. The second-order valence-electron chi connectivity index (χ2n) is 10.8. The van der Waals surface area contributed by atoms with E-state index in [2.05, 4.69) is 4.98 Å². The number of rotatable bonds is 10. The van der Waals surface area contributed by atoms with Gasteiger partial charge in [0.25, 0.3) is 31.9 Å². The van der Waals surface area contributed by atoms with E-state index in [1.165, 1.54) is 36.4 Å².